The number of rotatable bonds is 5. The van der Waals surface area contributed by atoms with E-state index in [1.54, 1.807) is 19.1 Å². The summed E-state index contributed by atoms with van der Waals surface area (Å²) in [5.41, 5.74) is 6.85. The van der Waals surface area contributed by atoms with Crippen LogP contribution in [0.4, 0.5) is 0 Å². The molecular formula is C13H17Cl2NO2. The normalized spacial score (nSPS) is 13.1. The summed E-state index contributed by atoms with van der Waals surface area (Å²) in [7, 11) is 0. The predicted molar refractivity (Wildman–Crippen MR) is 75.9 cm³/mol. The number of benzene rings is 1. The van der Waals surface area contributed by atoms with Gasteiger partial charge in [0.05, 0.1) is 5.92 Å². The predicted octanol–water partition coefficient (Wildman–Crippen LogP) is 3.13. The van der Waals surface area contributed by atoms with Crippen molar-refractivity contribution in [1.29, 1.82) is 0 Å². The van der Waals surface area contributed by atoms with Crippen molar-refractivity contribution in [3.05, 3.63) is 47.5 Å². The minimum atomic E-state index is -0.406. The largest absolute Gasteiger partial charge is 0.461 e. The molecule has 1 aromatic carbocycles. The van der Waals surface area contributed by atoms with Gasteiger partial charge in [0, 0.05) is 11.1 Å². The van der Waals surface area contributed by atoms with E-state index in [0.717, 1.165) is 5.56 Å². The Hall–Kier alpha value is -1.03. The monoisotopic (exact) mass is 289 g/mol. The fourth-order valence-electron chi connectivity index (χ4n) is 1.39. The molecule has 0 aliphatic heterocycles. The van der Waals surface area contributed by atoms with E-state index in [1.165, 1.54) is 6.08 Å². The molecule has 5 heteroatoms. The van der Waals surface area contributed by atoms with Crippen molar-refractivity contribution in [3.8, 4) is 0 Å². The van der Waals surface area contributed by atoms with Crippen molar-refractivity contribution in [2.75, 3.05) is 6.61 Å². The van der Waals surface area contributed by atoms with Gasteiger partial charge >= 0.3 is 5.97 Å². The zero-order valence-corrected chi connectivity index (χ0v) is 11.7. The second kappa shape index (κ2) is 8.14. The highest BCUT2D eigenvalue weighted by molar-refractivity contribution is 6.30. The van der Waals surface area contributed by atoms with E-state index in [9.17, 15) is 4.79 Å². The molecule has 0 heterocycles. The molecule has 1 aromatic rings. The molecule has 0 bridgehead atoms. The van der Waals surface area contributed by atoms with Crippen LogP contribution < -0.4 is 5.73 Å². The van der Waals surface area contributed by atoms with Crippen molar-refractivity contribution in [3.63, 3.8) is 0 Å². The number of hydrogen-bond acceptors (Lipinski definition) is 3. The second-order valence-electron chi connectivity index (χ2n) is 3.78. The van der Waals surface area contributed by atoms with E-state index in [-0.39, 0.29) is 25.0 Å². The number of nitrogens with two attached hydrogens (primary N) is 1. The number of hydrogen-bond donors (Lipinski definition) is 1. The van der Waals surface area contributed by atoms with Crippen LogP contribution in [0.25, 0.3) is 0 Å². The third kappa shape index (κ3) is 4.69. The maximum atomic E-state index is 11.6. The molecule has 2 N–H and O–H groups in total. The van der Waals surface area contributed by atoms with Gasteiger partial charge in [-0.25, -0.2) is 0 Å². The first-order valence-corrected chi connectivity index (χ1v) is 5.72. The Morgan fingerprint density at radius 2 is 2.06 bits per heavy atom. The van der Waals surface area contributed by atoms with E-state index in [4.69, 9.17) is 22.1 Å². The lowest BCUT2D eigenvalue weighted by Crippen LogP contribution is -2.27. The van der Waals surface area contributed by atoms with Gasteiger partial charge in [0.1, 0.15) is 6.61 Å². The molecule has 2 atom stereocenters. The molecule has 0 radical (unpaired) electrons. The van der Waals surface area contributed by atoms with Crippen molar-refractivity contribution >= 4 is 30.0 Å². The average molecular weight is 290 g/mol. The smallest absolute Gasteiger partial charge is 0.310 e. The molecule has 0 unspecified atom stereocenters. The molecule has 100 valence electrons. The summed E-state index contributed by atoms with van der Waals surface area (Å²) in [5, 5.41) is 0.642. The molecule has 1 rings (SSSR count). The van der Waals surface area contributed by atoms with Crippen LogP contribution in [0.1, 0.15) is 18.5 Å². The molecule has 18 heavy (non-hydrogen) atoms. The first-order valence-electron chi connectivity index (χ1n) is 5.35. The van der Waals surface area contributed by atoms with E-state index < -0.39 is 12.0 Å². The van der Waals surface area contributed by atoms with Crippen LogP contribution in [-0.2, 0) is 9.53 Å². The lowest BCUT2D eigenvalue weighted by atomic mass is 9.95. The lowest BCUT2D eigenvalue weighted by Gasteiger charge is -2.18. The minimum Gasteiger partial charge on any atom is -0.461 e. The van der Waals surface area contributed by atoms with Gasteiger partial charge in [-0.15, -0.1) is 12.4 Å². The fraction of sp³-hybridized carbons (Fsp3) is 0.308. The Bertz CT molecular complexity index is 392. The summed E-state index contributed by atoms with van der Waals surface area (Å²) in [6.07, 6.45) is 1.53. The van der Waals surface area contributed by atoms with E-state index in [0.29, 0.717) is 5.02 Å². The topological polar surface area (TPSA) is 52.3 Å². The number of carbonyl (C=O) groups is 1. The molecule has 0 amide bonds. The maximum absolute atomic E-state index is 11.6. The van der Waals surface area contributed by atoms with Crippen LogP contribution in [-0.4, -0.2) is 12.6 Å². The lowest BCUT2D eigenvalue weighted by molar-refractivity contribution is -0.147. The Labute approximate surface area is 118 Å². The highest BCUT2D eigenvalue weighted by Gasteiger charge is 2.23. The number of ether oxygens (including phenoxy) is 1. The van der Waals surface area contributed by atoms with E-state index in [1.807, 2.05) is 12.1 Å². The summed E-state index contributed by atoms with van der Waals surface area (Å²) < 4.78 is 4.96. The van der Waals surface area contributed by atoms with Crippen LogP contribution in [0.2, 0.25) is 5.02 Å². The fourth-order valence-corrected chi connectivity index (χ4v) is 1.52. The van der Waals surface area contributed by atoms with E-state index in [2.05, 4.69) is 6.58 Å². The maximum Gasteiger partial charge on any atom is 0.310 e. The SMILES string of the molecule is C=CCOC(=O)[C@@H](C)[C@H](N)c1ccc(Cl)cc1.Cl. The van der Waals surface area contributed by atoms with Crippen LogP contribution >= 0.6 is 24.0 Å². The van der Waals surface area contributed by atoms with E-state index >= 15 is 0 Å². The number of esters is 1. The zero-order valence-electron chi connectivity index (χ0n) is 10.1. The van der Waals surface area contributed by atoms with Gasteiger partial charge in [-0.1, -0.05) is 43.3 Å². The number of halogens is 2. The van der Waals surface area contributed by atoms with Gasteiger partial charge < -0.3 is 10.5 Å². The Kier molecular flexibility index (Phi) is 7.67. The Morgan fingerprint density at radius 1 is 1.50 bits per heavy atom. The summed E-state index contributed by atoms with van der Waals surface area (Å²) in [6, 6.07) is 6.72. The van der Waals surface area contributed by atoms with Gasteiger partial charge in [-0.05, 0) is 17.7 Å². The molecule has 0 aliphatic rings. The first kappa shape index (κ1) is 17.0. The summed E-state index contributed by atoms with van der Waals surface area (Å²) in [4.78, 5) is 11.6. The molecule has 3 nitrogen and oxygen atoms in total. The second-order valence-corrected chi connectivity index (χ2v) is 4.22. The molecule has 0 aromatic heterocycles. The third-order valence-corrected chi connectivity index (χ3v) is 2.76. The standard InChI is InChI=1S/C13H16ClNO2.ClH/c1-3-8-17-13(16)9(2)12(15)10-4-6-11(14)7-5-10;/h3-7,9,12H,1,8,15H2,2H3;1H/t9-,12-;/m0./s1. The zero-order chi connectivity index (χ0) is 12.8. The van der Waals surface area contributed by atoms with Gasteiger partial charge in [0.2, 0.25) is 0 Å². The average Bonchev–Trinajstić information content (AvgIpc) is 2.35. The van der Waals surface area contributed by atoms with Crippen molar-refractivity contribution in [2.45, 2.75) is 13.0 Å². The third-order valence-electron chi connectivity index (χ3n) is 2.51. The van der Waals surface area contributed by atoms with Gasteiger partial charge in [0.25, 0.3) is 0 Å². The van der Waals surface area contributed by atoms with Gasteiger partial charge in [-0.2, -0.15) is 0 Å². The van der Waals surface area contributed by atoms with Crippen LogP contribution in [0, 0.1) is 5.92 Å². The summed E-state index contributed by atoms with van der Waals surface area (Å²) in [5.74, 6) is -0.733. The molecule has 0 aliphatic carbocycles. The van der Waals surface area contributed by atoms with Crippen LogP contribution in [0.3, 0.4) is 0 Å². The van der Waals surface area contributed by atoms with Gasteiger partial charge in [0.15, 0.2) is 0 Å². The van der Waals surface area contributed by atoms with Crippen molar-refractivity contribution < 1.29 is 9.53 Å². The number of carbonyl (C=O) groups excluding carboxylic acids is 1. The highest BCUT2D eigenvalue weighted by atomic mass is 35.5. The Balaban J connectivity index is 0.00000289. The Morgan fingerprint density at radius 3 is 2.56 bits per heavy atom. The molecule has 0 fully saturated rings. The highest BCUT2D eigenvalue weighted by Crippen LogP contribution is 2.22. The van der Waals surface area contributed by atoms with Gasteiger partial charge in [-0.3, -0.25) is 4.79 Å². The van der Waals surface area contributed by atoms with Crippen molar-refractivity contribution in [2.24, 2.45) is 11.7 Å². The quantitative estimate of drug-likeness (QED) is 0.669. The van der Waals surface area contributed by atoms with Crippen LogP contribution in [0.5, 0.6) is 0 Å². The molecule has 0 saturated heterocycles. The molecule has 0 saturated carbocycles. The summed E-state index contributed by atoms with van der Waals surface area (Å²) in [6.45, 7) is 5.43. The molecule has 0 spiro atoms. The van der Waals surface area contributed by atoms with Crippen LogP contribution in [0.15, 0.2) is 36.9 Å². The van der Waals surface area contributed by atoms with Crippen molar-refractivity contribution in [1.82, 2.24) is 0 Å². The summed E-state index contributed by atoms with van der Waals surface area (Å²) >= 11 is 5.78. The molecular weight excluding hydrogens is 273 g/mol. The minimum absolute atomic E-state index is 0. The first-order chi connectivity index (χ1) is 8.06.